The van der Waals surface area contributed by atoms with Gasteiger partial charge in [-0.25, -0.2) is 23.1 Å². The summed E-state index contributed by atoms with van der Waals surface area (Å²) in [6.07, 6.45) is 2.89. The molecule has 0 saturated heterocycles. The number of ether oxygens (including phenoxy) is 1. The summed E-state index contributed by atoms with van der Waals surface area (Å²) in [6, 6.07) is 7.61. The number of pyridine rings is 2. The number of nitriles is 1. The van der Waals surface area contributed by atoms with Gasteiger partial charge in [0, 0.05) is 52.9 Å². The Morgan fingerprint density at radius 1 is 1.29 bits per heavy atom. The third-order valence-corrected chi connectivity index (χ3v) is 7.64. The minimum atomic E-state index is -1.77. The minimum Gasteiger partial charge on any atom is -0.383 e. The molecule has 1 aliphatic heterocycles. The molecule has 7 nitrogen and oxygen atoms in total. The number of aliphatic imine (C=N–C) groups is 1. The fraction of sp³-hybridized carbons (Fsp3) is 0.333. The highest BCUT2D eigenvalue weighted by molar-refractivity contribution is 8.15. The molecule has 0 spiro atoms. The van der Waals surface area contributed by atoms with Crippen LogP contribution in [0.4, 0.5) is 24.7 Å². The number of hydrogen-bond acceptors (Lipinski definition) is 8. The van der Waals surface area contributed by atoms with E-state index in [4.69, 9.17) is 15.7 Å². The van der Waals surface area contributed by atoms with Crippen LogP contribution < -0.4 is 11.1 Å². The van der Waals surface area contributed by atoms with E-state index >= 15 is 4.39 Å². The van der Waals surface area contributed by atoms with Gasteiger partial charge in [0.15, 0.2) is 22.6 Å². The second kappa shape index (κ2) is 9.36. The van der Waals surface area contributed by atoms with Gasteiger partial charge in [0.05, 0.1) is 12.2 Å². The zero-order valence-electron chi connectivity index (χ0n) is 19.3. The maximum atomic E-state index is 15.2. The molecule has 4 rings (SSSR count). The lowest BCUT2D eigenvalue weighted by atomic mass is 9.73. The molecule has 182 valence electrons. The first-order chi connectivity index (χ1) is 16.7. The number of thioether (sulfide) groups is 1. The number of anilines is 2. The van der Waals surface area contributed by atoms with Crippen molar-refractivity contribution in [3.8, 4) is 6.07 Å². The van der Waals surface area contributed by atoms with Crippen molar-refractivity contribution in [2.75, 3.05) is 25.7 Å². The van der Waals surface area contributed by atoms with Gasteiger partial charge in [0.25, 0.3) is 0 Å². The summed E-state index contributed by atoms with van der Waals surface area (Å²) < 4.78 is 49.5. The largest absolute Gasteiger partial charge is 0.383 e. The first kappa shape index (κ1) is 24.8. The first-order valence-corrected chi connectivity index (χ1v) is 11.5. The Kier molecular flexibility index (Phi) is 6.62. The molecule has 1 aromatic carbocycles. The molecule has 3 heterocycles. The average molecular weight is 501 g/mol. The Labute approximate surface area is 204 Å². The van der Waals surface area contributed by atoms with Crippen molar-refractivity contribution < 1.29 is 17.9 Å². The van der Waals surface area contributed by atoms with Crippen LogP contribution in [0.2, 0.25) is 0 Å². The standard InChI is InChI=1S/C24H23F3N6OS/c1-13-23(2,12-34-3)35-22(29)33-24(13,11-25)17-7-16(8-18(26)19(17)27)32-21-20-15(4-5-30-21)6-14(9-28)10-31-20/h4-8,10,13H,11-12H2,1-3H3,(H2,29,33)(H,30,32)/t13?,23-,24+/m1/s1. The molecule has 0 fully saturated rings. The van der Waals surface area contributed by atoms with Crippen LogP contribution in [0.25, 0.3) is 10.9 Å². The summed E-state index contributed by atoms with van der Waals surface area (Å²) in [6.45, 7) is 2.66. The number of alkyl halides is 1. The number of nitrogens with two attached hydrogens (primary N) is 1. The highest BCUT2D eigenvalue weighted by atomic mass is 32.2. The van der Waals surface area contributed by atoms with Crippen LogP contribution in [0, 0.1) is 28.9 Å². The number of benzene rings is 1. The molecule has 2 aromatic heterocycles. The van der Waals surface area contributed by atoms with Gasteiger partial charge in [0.1, 0.15) is 23.8 Å². The highest BCUT2D eigenvalue weighted by Crippen LogP contribution is 2.51. The number of fused-ring (bicyclic) bond motifs is 1. The highest BCUT2D eigenvalue weighted by Gasteiger charge is 2.53. The molecule has 0 amide bonds. The van der Waals surface area contributed by atoms with E-state index < -0.39 is 34.5 Å². The smallest absolute Gasteiger partial charge is 0.164 e. The number of hydrogen-bond donors (Lipinski definition) is 2. The second-order valence-electron chi connectivity index (χ2n) is 8.59. The quantitative estimate of drug-likeness (QED) is 0.501. The fourth-order valence-electron chi connectivity index (χ4n) is 4.43. The Balaban J connectivity index is 1.84. The zero-order chi connectivity index (χ0) is 25.4. The van der Waals surface area contributed by atoms with Crippen molar-refractivity contribution in [3.63, 3.8) is 0 Å². The average Bonchev–Trinajstić information content (AvgIpc) is 2.83. The van der Waals surface area contributed by atoms with E-state index in [9.17, 15) is 8.78 Å². The van der Waals surface area contributed by atoms with Gasteiger partial charge in [0.2, 0.25) is 0 Å². The van der Waals surface area contributed by atoms with Crippen LogP contribution in [-0.2, 0) is 10.3 Å². The Morgan fingerprint density at radius 3 is 2.74 bits per heavy atom. The predicted octanol–water partition coefficient (Wildman–Crippen LogP) is 4.79. The topological polar surface area (TPSA) is 109 Å². The molecule has 3 aromatic rings. The molecule has 0 aliphatic carbocycles. The van der Waals surface area contributed by atoms with Gasteiger partial charge in [-0.2, -0.15) is 5.26 Å². The van der Waals surface area contributed by atoms with E-state index in [1.807, 2.05) is 13.0 Å². The molecule has 11 heteroatoms. The van der Waals surface area contributed by atoms with Crippen LogP contribution in [0.1, 0.15) is 25.0 Å². The molecule has 0 saturated carbocycles. The predicted molar refractivity (Wildman–Crippen MR) is 130 cm³/mol. The number of nitrogens with zero attached hydrogens (tertiary/aromatic N) is 4. The second-order valence-corrected chi connectivity index (χ2v) is 10.1. The summed E-state index contributed by atoms with van der Waals surface area (Å²) in [5.74, 6) is -2.72. The lowest BCUT2D eigenvalue weighted by Gasteiger charge is -2.47. The Bertz CT molecular complexity index is 1360. The van der Waals surface area contributed by atoms with Crippen LogP contribution >= 0.6 is 11.8 Å². The van der Waals surface area contributed by atoms with Crippen molar-refractivity contribution in [1.29, 1.82) is 5.26 Å². The number of halogens is 3. The van der Waals surface area contributed by atoms with Gasteiger partial charge in [-0.3, -0.25) is 4.98 Å². The van der Waals surface area contributed by atoms with E-state index in [-0.39, 0.29) is 28.8 Å². The maximum Gasteiger partial charge on any atom is 0.164 e. The summed E-state index contributed by atoms with van der Waals surface area (Å²) in [7, 11) is 1.51. The summed E-state index contributed by atoms with van der Waals surface area (Å²) in [4.78, 5) is 12.8. The molecule has 3 N–H and O–H groups in total. The molecular formula is C24H23F3N6OS. The SMILES string of the molecule is COC[C@@]1(C)SC(N)=N[C@](CF)(c2cc(Nc3nccc4cc(C#N)cnc34)cc(F)c2F)C1C. The zero-order valence-corrected chi connectivity index (χ0v) is 20.1. The Hall–Kier alpha value is -3.36. The summed E-state index contributed by atoms with van der Waals surface area (Å²) in [5.41, 5.74) is 4.94. The van der Waals surface area contributed by atoms with Crippen molar-refractivity contribution in [2.24, 2.45) is 16.6 Å². The molecule has 1 unspecified atom stereocenters. The van der Waals surface area contributed by atoms with Gasteiger partial charge >= 0.3 is 0 Å². The Morgan fingerprint density at radius 2 is 2.06 bits per heavy atom. The minimum absolute atomic E-state index is 0.0617. The van der Waals surface area contributed by atoms with Gasteiger partial charge in [-0.05, 0) is 25.1 Å². The normalized spacial score (nSPS) is 24.1. The van der Waals surface area contributed by atoms with E-state index in [1.165, 1.54) is 37.3 Å². The van der Waals surface area contributed by atoms with Gasteiger partial charge < -0.3 is 15.8 Å². The maximum absolute atomic E-state index is 15.2. The summed E-state index contributed by atoms with van der Waals surface area (Å²) >= 11 is 1.22. The van der Waals surface area contributed by atoms with Crippen molar-refractivity contribution in [3.05, 3.63) is 59.4 Å². The lowest BCUT2D eigenvalue weighted by Crippen LogP contribution is -2.53. The van der Waals surface area contributed by atoms with Crippen molar-refractivity contribution in [2.45, 2.75) is 24.1 Å². The molecule has 0 radical (unpaired) electrons. The first-order valence-electron chi connectivity index (χ1n) is 10.7. The van der Waals surface area contributed by atoms with Crippen LogP contribution in [0.15, 0.2) is 41.7 Å². The van der Waals surface area contributed by atoms with E-state index in [0.29, 0.717) is 16.5 Å². The van der Waals surface area contributed by atoms with E-state index in [2.05, 4.69) is 20.3 Å². The number of rotatable bonds is 6. The third-order valence-electron chi connectivity index (χ3n) is 6.40. The fourth-order valence-corrected chi connectivity index (χ4v) is 5.66. The van der Waals surface area contributed by atoms with Gasteiger partial charge in [-0.1, -0.05) is 18.7 Å². The van der Waals surface area contributed by atoms with Crippen LogP contribution in [0.3, 0.4) is 0 Å². The summed E-state index contributed by atoms with van der Waals surface area (Å²) in [5, 5.41) is 12.8. The molecule has 35 heavy (non-hydrogen) atoms. The molecule has 1 aliphatic rings. The van der Waals surface area contributed by atoms with Gasteiger partial charge in [-0.15, -0.1) is 0 Å². The molecular weight excluding hydrogens is 477 g/mol. The third kappa shape index (κ3) is 4.28. The molecule has 3 atom stereocenters. The number of nitrogens with one attached hydrogen (secondary N) is 1. The van der Waals surface area contributed by atoms with Crippen LogP contribution in [0.5, 0.6) is 0 Å². The van der Waals surface area contributed by atoms with E-state index in [1.54, 1.807) is 19.1 Å². The number of methoxy groups -OCH3 is 1. The number of aromatic nitrogens is 2. The monoisotopic (exact) mass is 500 g/mol. The number of amidine groups is 1. The van der Waals surface area contributed by atoms with Crippen molar-refractivity contribution >= 4 is 39.3 Å². The van der Waals surface area contributed by atoms with Crippen LogP contribution in [-0.4, -0.2) is 40.3 Å². The molecule has 0 bridgehead atoms. The lowest BCUT2D eigenvalue weighted by molar-refractivity contribution is 0.106. The van der Waals surface area contributed by atoms with Crippen molar-refractivity contribution in [1.82, 2.24) is 9.97 Å². The van der Waals surface area contributed by atoms with E-state index in [0.717, 1.165) is 6.07 Å².